The van der Waals surface area contributed by atoms with E-state index in [1.165, 1.54) is 76.7 Å². The van der Waals surface area contributed by atoms with Crippen LogP contribution in [0.2, 0.25) is 0 Å². The monoisotopic (exact) mass is 508 g/mol. The molecule has 9 aromatic rings. The molecule has 0 N–H and O–H groups in total. The smallest absolute Gasteiger partial charge is 0.0554 e. The minimum absolute atomic E-state index is 1.17. The largest absolute Gasteiger partial charge is 0.309 e. The Kier molecular flexibility index (Phi) is 4.36. The molecule has 3 heterocycles. The second-order valence-electron chi connectivity index (χ2n) is 10.6. The number of hydrogen-bond donors (Lipinski definition) is 0. The number of benzene rings is 6. The summed E-state index contributed by atoms with van der Waals surface area (Å²) in [5.74, 6) is 0. The molecule has 2 heteroatoms. The van der Waals surface area contributed by atoms with E-state index in [4.69, 9.17) is 0 Å². The van der Waals surface area contributed by atoms with Gasteiger partial charge in [-0.3, -0.25) is 0 Å². The molecule has 0 saturated carbocycles. The minimum atomic E-state index is 1.17. The molecule has 3 aromatic heterocycles. The highest BCUT2D eigenvalue weighted by Crippen LogP contribution is 2.42. The van der Waals surface area contributed by atoms with E-state index in [-0.39, 0.29) is 0 Å². The first kappa shape index (κ1) is 21.6. The molecule has 0 aliphatic carbocycles. The van der Waals surface area contributed by atoms with Gasteiger partial charge in [0, 0.05) is 32.6 Å². The summed E-state index contributed by atoms with van der Waals surface area (Å²) in [6, 6.07) is 52.9. The maximum absolute atomic E-state index is 2.45. The lowest BCUT2D eigenvalue weighted by molar-refractivity contribution is 1.18. The van der Waals surface area contributed by atoms with Crippen LogP contribution in [0.15, 0.2) is 146 Å². The number of para-hydroxylation sites is 3. The third-order valence-corrected chi connectivity index (χ3v) is 8.45. The van der Waals surface area contributed by atoms with Gasteiger partial charge in [-0.1, -0.05) is 103 Å². The Balaban J connectivity index is 1.49. The van der Waals surface area contributed by atoms with Crippen molar-refractivity contribution in [3.05, 3.63) is 146 Å². The molecular weight excluding hydrogens is 484 g/mol. The second kappa shape index (κ2) is 8.08. The van der Waals surface area contributed by atoms with E-state index in [0.29, 0.717) is 0 Å². The van der Waals surface area contributed by atoms with Crippen LogP contribution in [-0.2, 0) is 0 Å². The van der Waals surface area contributed by atoms with Crippen molar-refractivity contribution in [1.29, 1.82) is 0 Å². The van der Waals surface area contributed by atoms with Gasteiger partial charge in [0.25, 0.3) is 0 Å². The van der Waals surface area contributed by atoms with E-state index < -0.39 is 0 Å². The molecule has 0 unspecified atom stereocenters. The number of pyridine rings is 1. The van der Waals surface area contributed by atoms with Gasteiger partial charge in [-0.05, 0) is 59.0 Å². The molecule has 9 rings (SSSR count). The highest BCUT2D eigenvalue weighted by atomic mass is 15.0. The Morgan fingerprint density at radius 2 is 1.02 bits per heavy atom. The zero-order valence-electron chi connectivity index (χ0n) is 21.8. The zero-order valence-corrected chi connectivity index (χ0v) is 21.8. The van der Waals surface area contributed by atoms with Crippen molar-refractivity contribution in [1.82, 2.24) is 8.97 Å². The van der Waals surface area contributed by atoms with Crippen molar-refractivity contribution in [3.8, 4) is 16.8 Å². The Morgan fingerprint density at radius 3 is 1.90 bits per heavy atom. The standard InChI is InChI=1S/C38H24N2/c1-2-11-25(12-3-1)26-14-10-15-28(23-26)39-34-20-9-6-17-31(34)38-35(39)22-21-30-29-16-5-8-19-33(29)40-32-18-7-4-13-27(32)24-36(40)37(30)38/h1-24H. The lowest BCUT2D eigenvalue weighted by Gasteiger charge is -2.13. The van der Waals surface area contributed by atoms with Gasteiger partial charge in [-0.2, -0.15) is 0 Å². The normalized spacial score (nSPS) is 12.0. The maximum atomic E-state index is 2.45. The summed E-state index contributed by atoms with van der Waals surface area (Å²) >= 11 is 0. The van der Waals surface area contributed by atoms with Crippen molar-refractivity contribution in [3.63, 3.8) is 0 Å². The zero-order chi connectivity index (χ0) is 26.2. The van der Waals surface area contributed by atoms with Crippen LogP contribution in [0.1, 0.15) is 0 Å². The Hall–Kier alpha value is -5.34. The van der Waals surface area contributed by atoms with Gasteiger partial charge < -0.3 is 8.97 Å². The fraction of sp³-hybridized carbons (Fsp3) is 0. The van der Waals surface area contributed by atoms with Crippen LogP contribution in [0.5, 0.6) is 0 Å². The van der Waals surface area contributed by atoms with E-state index in [9.17, 15) is 0 Å². The van der Waals surface area contributed by atoms with Crippen LogP contribution in [0.25, 0.3) is 76.7 Å². The van der Waals surface area contributed by atoms with Crippen molar-refractivity contribution in [2.45, 2.75) is 0 Å². The average molecular weight is 509 g/mol. The number of fused-ring (bicyclic) bond motifs is 12. The van der Waals surface area contributed by atoms with Crippen LogP contribution < -0.4 is 0 Å². The summed E-state index contributed by atoms with van der Waals surface area (Å²) in [7, 11) is 0. The summed E-state index contributed by atoms with van der Waals surface area (Å²) in [5, 5.41) is 7.71. The lowest BCUT2D eigenvalue weighted by Crippen LogP contribution is -1.95. The van der Waals surface area contributed by atoms with Gasteiger partial charge in [0.05, 0.1) is 27.6 Å². The molecule has 0 fully saturated rings. The van der Waals surface area contributed by atoms with Crippen LogP contribution >= 0.6 is 0 Å². The van der Waals surface area contributed by atoms with E-state index in [1.807, 2.05) is 0 Å². The first-order valence-electron chi connectivity index (χ1n) is 13.8. The molecule has 0 aliphatic heterocycles. The number of nitrogens with zero attached hydrogens (tertiary/aromatic N) is 2. The minimum Gasteiger partial charge on any atom is -0.309 e. The molecule has 2 nitrogen and oxygen atoms in total. The summed E-state index contributed by atoms with van der Waals surface area (Å²) in [4.78, 5) is 0. The van der Waals surface area contributed by atoms with Crippen molar-refractivity contribution >= 4 is 59.9 Å². The summed E-state index contributed by atoms with van der Waals surface area (Å²) in [5.41, 5.74) is 9.79. The van der Waals surface area contributed by atoms with Gasteiger partial charge in [0.15, 0.2) is 0 Å². The molecule has 0 aliphatic rings. The molecule has 0 bridgehead atoms. The summed E-state index contributed by atoms with van der Waals surface area (Å²) in [6.07, 6.45) is 0. The first-order valence-corrected chi connectivity index (χ1v) is 13.8. The van der Waals surface area contributed by atoms with E-state index in [0.717, 1.165) is 0 Å². The molecule has 6 aromatic carbocycles. The number of hydrogen-bond acceptors (Lipinski definition) is 0. The quantitative estimate of drug-likeness (QED) is 0.206. The summed E-state index contributed by atoms with van der Waals surface area (Å²) < 4.78 is 4.89. The lowest BCUT2D eigenvalue weighted by atomic mass is 10.00. The van der Waals surface area contributed by atoms with Gasteiger partial charge in [0.1, 0.15) is 0 Å². The predicted octanol–water partition coefficient (Wildman–Crippen LogP) is 10.2. The molecule has 186 valence electrons. The molecule has 0 spiro atoms. The maximum Gasteiger partial charge on any atom is 0.0554 e. The van der Waals surface area contributed by atoms with E-state index >= 15 is 0 Å². The Labute approximate surface area is 230 Å². The fourth-order valence-electron chi connectivity index (χ4n) is 6.78. The van der Waals surface area contributed by atoms with Crippen molar-refractivity contribution in [2.75, 3.05) is 0 Å². The third kappa shape index (κ3) is 2.88. The SMILES string of the molecule is c1ccc(-c2cccc(-n3c4ccccc4c4c5c(ccc43)c3ccccc3n3c4ccccc4cc53)c2)cc1. The van der Waals surface area contributed by atoms with Crippen LogP contribution in [-0.4, -0.2) is 8.97 Å². The molecule has 0 radical (unpaired) electrons. The molecule has 0 saturated heterocycles. The molecular formula is C38H24N2. The van der Waals surface area contributed by atoms with E-state index in [1.54, 1.807) is 0 Å². The van der Waals surface area contributed by atoms with Crippen molar-refractivity contribution < 1.29 is 0 Å². The Bertz CT molecular complexity index is 2420. The van der Waals surface area contributed by atoms with Crippen molar-refractivity contribution in [2.24, 2.45) is 0 Å². The van der Waals surface area contributed by atoms with Gasteiger partial charge in [0.2, 0.25) is 0 Å². The molecule has 0 atom stereocenters. The van der Waals surface area contributed by atoms with Crippen LogP contribution in [0.4, 0.5) is 0 Å². The van der Waals surface area contributed by atoms with E-state index in [2.05, 4.69) is 155 Å². The average Bonchev–Trinajstić information content (AvgIpc) is 3.58. The second-order valence-corrected chi connectivity index (χ2v) is 10.6. The van der Waals surface area contributed by atoms with Crippen LogP contribution in [0.3, 0.4) is 0 Å². The highest BCUT2D eigenvalue weighted by Gasteiger charge is 2.19. The summed E-state index contributed by atoms with van der Waals surface area (Å²) in [6.45, 7) is 0. The predicted molar refractivity (Wildman–Crippen MR) is 170 cm³/mol. The fourth-order valence-corrected chi connectivity index (χ4v) is 6.78. The van der Waals surface area contributed by atoms with Gasteiger partial charge >= 0.3 is 0 Å². The van der Waals surface area contributed by atoms with Gasteiger partial charge in [-0.15, -0.1) is 0 Å². The first-order chi connectivity index (χ1) is 19.9. The number of aromatic nitrogens is 2. The highest BCUT2D eigenvalue weighted by molar-refractivity contribution is 6.30. The third-order valence-electron chi connectivity index (χ3n) is 8.45. The molecule has 40 heavy (non-hydrogen) atoms. The number of rotatable bonds is 2. The van der Waals surface area contributed by atoms with Gasteiger partial charge in [-0.25, -0.2) is 0 Å². The van der Waals surface area contributed by atoms with Crippen LogP contribution in [0, 0.1) is 0 Å². The topological polar surface area (TPSA) is 9.34 Å². The Morgan fingerprint density at radius 1 is 0.350 bits per heavy atom. The molecule has 0 amide bonds.